The molecular weight excluding hydrogens is 498 g/mol. The molecule has 0 aliphatic heterocycles. The molecule has 0 spiro atoms. The van der Waals surface area contributed by atoms with Crippen molar-refractivity contribution in [2.45, 2.75) is 35.7 Å². The molecule has 156 valence electrons. The molecule has 0 saturated carbocycles. The van der Waals surface area contributed by atoms with E-state index in [1.54, 1.807) is 0 Å². The van der Waals surface area contributed by atoms with Gasteiger partial charge in [0.2, 0.25) is 0 Å². The zero-order valence-corrected chi connectivity index (χ0v) is 21.7. The molecule has 0 bridgehead atoms. The number of halogens is 2. The minimum absolute atomic E-state index is 0.320. The molecule has 5 rings (SSSR count). The third-order valence-electron chi connectivity index (χ3n) is 6.58. The zero-order valence-electron chi connectivity index (χ0n) is 17.7. The Labute approximate surface area is 197 Å². The van der Waals surface area contributed by atoms with Crippen molar-refractivity contribution in [2.24, 2.45) is 0 Å². The van der Waals surface area contributed by atoms with Gasteiger partial charge in [0, 0.05) is 0 Å². The van der Waals surface area contributed by atoms with Crippen LogP contribution in [0.1, 0.15) is 58.6 Å². The van der Waals surface area contributed by atoms with E-state index in [2.05, 4.69) is 98.0 Å². The Hall–Kier alpha value is -1.40. The summed E-state index contributed by atoms with van der Waals surface area (Å²) in [7, 11) is 14.5. The second-order valence-corrected chi connectivity index (χ2v) is 23.2. The number of aryl methyl sites for hydroxylation is 1. The number of hydrogen-bond donors (Lipinski definition) is 0. The van der Waals surface area contributed by atoms with Gasteiger partial charge in [-0.15, -0.1) is 0 Å². The summed E-state index contributed by atoms with van der Waals surface area (Å²) in [6.07, 6.45) is 11.2. The first-order valence-electron chi connectivity index (χ1n) is 11.1. The summed E-state index contributed by atoms with van der Waals surface area (Å²) >= 11 is -3.54. The Kier molecular flexibility index (Phi) is 6.13. The Morgan fingerprint density at radius 3 is 2.26 bits per heavy atom. The van der Waals surface area contributed by atoms with Gasteiger partial charge in [-0.05, 0) is 0 Å². The Morgan fingerprint density at radius 2 is 1.48 bits per heavy atom. The fourth-order valence-corrected chi connectivity index (χ4v) is 14.4. The topological polar surface area (TPSA) is 0 Å². The van der Waals surface area contributed by atoms with Crippen LogP contribution in [0.4, 0.5) is 0 Å². The van der Waals surface area contributed by atoms with Crippen LogP contribution in [0.5, 0.6) is 0 Å². The Balaban J connectivity index is 1.46. The molecule has 3 aromatic rings. The van der Waals surface area contributed by atoms with E-state index in [1.165, 1.54) is 36.7 Å². The summed E-state index contributed by atoms with van der Waals surface area (Å²) in [4.78, 5) is 0. The van der Waals surface area contributed by atoms with Gasteiger partial charge in [-0.2, -0.15) is 0 Å². The Bertz CT molecular complexity index is 1180. The van der Waals surface area contributed by atoms with Crippen molar-refractivity contribution in [2.75, 3.05) is 0 Å². The van der Waals surface area contributed by atoms with E-state index >= 15 is 0 Å². The van der Waals surface area contributed by atoms with E-state index in [-0.39, 0.29) is 0 Å². The van der Waals surface area contributed by atoms with Crippen LogP contribution in [0.25, 0.3) is 12.2 Å². The summed E-state index contributed by atoms with van der Waals surface area (Å²) in [6.45, 7) is 2.23. The molecule has 0 amide bonds. The van der Waals surface area contributed by atoms with Crippen LogP contribution in [0, 0.1) is 0 Å². The van der Waals surface area contributed by atoms with Crippen molar-refractivity contribution >= 4 is 32.4 Å². The number of fused-ring (bicyclic) bond motifs is 2. The van der Waals surface area contributed by atoms with Gasteiger partial charge >= 0.3 is 198 Å². The van der Waals surface area contributed by atoms with Crippen LogP contribution >= 0.6 is 17.0 Å². The average Bonchev–Trinajstić information content (AvgIpc) is 3.38. The summed E-state index contributed by atoms with van der Waals surface area (Å²) in [5.74, 6) is 0.654. The van der Waals surface area contributed by atoms with E-state index in [1.807, 2.05) is 0 Å². The van der Waals surface area contributed by atoms with Crippen molar-refractivity contribution in [1.29, 1.82) is 0 Å². The molecule has 3 heteroatoms. The van der Waals surface area contributed by atoms with Crippen molar-refractivity contribution < 1.29 is 17.9 Å². The molecule has 0 saturated heterocycles. The summed E-state index contributed by atoms with van der Waals surface area (Å²) in [5.41, 5.74) is 8.08. The molecule has 0 aromatic heterocycles. The molecule has 0 nitrogen and oxygen atoms in total. The second kappa shape index (κ2) is 8.86. The van der Waals surface area contributed by atoms with Crippen LogP contribution in [-0.4, -0.2) is 0 Å². The van der Waals surface area contributed by atoms with Crippen LogP contribution in [-0.2, 0) is 24.3 Å². The van der Waals surface area contributed by atoms with Gasteiger partial charge in [0.25, 0.3) is 0 Å². The van der Waals surface area contributed by atoms with E-state index < -0.39 is 17.9 Å². The number of rotatable bonds is 6. The van der Waals surface area contributed by atoms with Gasteiger partial charge in [0.1, 0.15) is 0 Å². The monoisotopic (exact) mass is 522 g/mol. The van der Waals surface area contributed by atoms with Gasteiger partial charge in [0.15, 0.2) is 0 Å². The van der Waals surface area contributed by atoms with Crippen LogP contribution in [0.15, 0.2) is 78.9 Å². The molecule has 0 N–H and O–H groups in total. The number of hydrogen-bond acceptors (Lipinski definition) is 0. The van der Waals surface area contributed by atoms with E-state index in [0.29, 0.717) is 11.8 Å². The molecule has 2 atom stereocenters. The van der Waals surface area contributed by atoms with Crippen molar-refractivity contribution in [3.05, 3.63) is 112 Å². The van der Waals surface area contributed by atoms with Gasteiger partial charge in [0.05, 0.1) is 0 Å². The predicted octanol–water partition coefficient (Wildman–Crippen LogP) is 8.11. The number of benzene rings is 3. The molecule has 0 heterocycles. The standard InChI is InChI=1S/C18H17.C10H9.2ClH.Zr/c1-2-6-14-7-5-9-16(13-14)18-12-11-15-8-3-4-10-17(15)18;1-8-6-7-9-4-2-3-5-10(8)9;;;/h3-5,8-13,18H,2,6H2,1H3;2-8H,1H2;2*1H;/q;;;;+2/p-2. The van der Waals surface area contributed by atoms with E-state index in [9.17, 15) is 0 Å². The summed E-state index contributed by atoms with van der Waals surface area (Å²) in [6, 6.07) is 24.2. The fourth-order valence-electron chi connectivity index (χ4n) is 5.07. The molecular formula is C28H26Cl2Zr. The molecule has 31 heavy (non-hydrogen) atoms. The first-order valence-corrected chi connectivity index (χ1v) is 20.4. The van der Waals surface area contributed by atoms with Gasteiger partial charge in [-0.25, -0.2) is 0 Å². The summed E-state index contributed by atoms with van der Waals surface area (Å²) < 4.78 is 2.14. The second-order valence-electron chi connectivity index (χ2n) is 8.64. The van der Waals surface area contributed by atoms with Crippen molar-refractivity contribution in [3.63, 3.8) is 0 Å². The molecule has 0 radical (unpaired) electrons. The van der Waals surface area contributed by atoms with Gasteiger partial charge in [-0.3, -0.25) is 0 Å². The minimum atomic E-state index is -3.54. The van der Waals surface area contributed by atoms with Gasteiger partial charge in [-0.1, -0.05) is 0 Å². The maximum absolute atomic E-state index is 7.27. The van der Waals surface area contributed by atoms with Crippen LogP contribution in [0.2, 0.25) is 4.13 Å². The van der Waals surface area contributed by atoms with E-state index in [0.717, 1.165) is 17.0 Å². The number of allylic oxidation sites excluding steroid dienone is 2. The molecule has 2 unspecified atom stereocenters. The third kappa shape index (κ3) is 4.18. The fraction of sp³-hybridized carbons (Fsp3) is 0.214. The third-order valence-corrected chi connectivity index (χ3v) is 16.3. The van der Waals surface area contributed by atoms with E-state index in [4.69, 9.17) is 17.0 Å². The van der Waals surface area contributed by atoms with Crippen LogP contribution < -0.4 is 3.27 Å². The normalized spacial score (nSPS) is 18.9. The molecule has 2 aliphatic rings. The summed E-state index contributed by atoms with van der Waals surface area (Å²) in [5, 5.41) is 0. The predicted molar refractivity (Wildman–Crippen MR) is 132 cm³/mol. The van der Waals surface area contributed by atoms with Crippen molar-refractivity contribution in [1.82, 2.24) is 0 Å². The molecule has 3 aromatic carbocycles. The quantitative estimate of drug-likeness (QED) is 0.306. The maximum atomic E-state index is 7.27. The Morgan fingerprint density at radius 1 is 0.806 bits per heavy atom. The van der Waals surface area contributed by atoms with Crippen molar-refractivity contribution in [3.8, 4) is 0 Å². The average molecular weight is 525 g/mol. The zero-order chi connectivity index (χ0) is 21.4. The molecule has 2 aliphatic carbocycles. The van der Waals surface area contributed by atoms with Gasteiger partial charge < -0.3 is 0 Å². The first kappa shape index (κ1) is 21.4. The SMILES string of the molecule is CCCc1cc(C2C=Cc3ccccc32)cc[c]1[Zr]([Cl])([Cl])[CH2]C1C=Cc2ccccc21. The molecule has 0 fully saturated rings. The van der Waals surface area contributed by atoms with Crippen LogP contribution in [0.3, 0.4) is 0 Å². The first-order chi connectivity index (χ1) is 15.1.